The Morgan fingerprint density at radius 3 is 2.81 bits per heavy atom. The molecule has 0 amide bonds. The molecule has 1 rings (SSSR count). The standard InChI is InChI=1S/C10H21NO3S2/c1-2-10-9-11(5-7-15-10)16(13,14)8-4-3-6-12/h10,12H,2-9H2,1H3. The van der Waals surface area contributed by atoms with Crippen LogP contribution in [0.4, 0.5) is 0 Å². The van der Waals surface area contributed by atoms with Gasteiger partial charge in [0, 0.05) is 30.7 Å². The van der Waals surface area contributed by atoms with Crippen molar-refractivity contribution in [2.75, 3.05) is 31.2 Å². The Morgan fingerprint density at radius 1 is 1.44 bits per heavy atom. The molecule has 0 aromatic carbocycles. The molecule has 1 aliphatic rings. The summed E-state index contributed by atoms with van der Waals surface area (Å²) in [6.45, 7) is 3.47. The molecule has 0 bridgehead atoms. The van der Waals surface area contributed by atoms with E-state index in [0.717, 1.165) is 12.2 Å². The van der Waals surface area contributed by atoms with Crippen LogP contribution in [-0.2, 0) is 10.0 Å². The molecule has 0 aromatic heterocycles. The van der Waals surface area contributed by atoms with Crippen molar-refractivity contribution in [2.24, 2.45) is 0 Å². The molecule has 1 aliphatic heterocycles. The number of nitrogens with zero attached hydrogens (tertiary/aromatic N) is 1. The van der Waals surface area contributed by atoms with Crippen molar-refractivity contribution in [3.8, 4) is 0 Å². The van der Waals surface area contributed by atoms with Crippen LogP contribution in [0, 0.1) is 0 Å². The van der Waals surface area contributed by atoms with Gasteiger partial charge in [-0.25, -0.2) is 8.42 Å². The first-order valence-corrected chi connectivity index (χ1v) is 8.46. The Morgan fingerprint density at radius 2 is 2.19 bits per heavy atom. The lowest BCUT2D eigenvalue weighted by Crippen LogP contribution is -2.42. The normalized spacial score (nSPS) is 23.5. The molecule has 1 N–H and O–H groups in total. The van der Waals surface area contributed by atoms with Gasteiger partial charge in [0.2, 0.25) is 10.0 Å². The molecule has 0 aromatic rings. The predicted molar refractivity (Wildman–Crippen MR) is 68.2 cm³/mol. The van der Waals surface area contributed by atoms with Crippen molar-refractivity contribution >= 4 is 21.8 Å². The molecular formula is C10H21NO3S2. The Bertz CT molecular complexity index is 292. The fourth-order valence-electron chi connectivity index (χ4n) is 1.72. The number of hydrogen-bond acceptors (Lipinski definition) is 4. The van der Waals surface area contributed by atoms with Gasteiger partial charge in [0.05, 0.1) is 5.75 Å². The van der Waals surface area contributed by atoms with Gasteiger partial charge in [-0.2, -0.15) is 16.1 Å². The summed E-state index contributed by atoms with van der Waals surface area (Å²) in [5, 5.41) is 9.09. The van der Waals surface area contributed by atoms with Crippen LogP contribution in [0.3, 0.4) is 0 Å². The third kappa shape index (κ3) is 4.24. The van der Waals surface area contributed by atoms with E-state index in [0.29, 0.717) is 31.2 Å². The zero-order chi connectivity index (χ0) is 12.0. The minimum atomic E-state index is -3.09. The maximum absolute atomic E-state index is 12.0. The summed E-state index contributed by atoms with van der Waals surface area (Å²) in [5.41, 5.74) is 0. The highest BCUT2D eigenvalue weighted by Gasteiger charge is 2.27. The van der Waals surface area contributed by atoms with E-state index < -0.39 is 10.0 Å². The van der Waals surface area contributed by atoms with Gasteiger partial charge in [-0.15, -0.1) is 0 Å². The first-order valence-electron chi connectivity index (χ1n) is 5.80. The van der Waals surface area contributed by atoms with Crippen LogP contribution in [0.1, 0.15) is 26.2 Å². The molecule has 1 saturated heterocycles. The zero-order valence-electron chi connectivity index (χ0n) is 9.76. The third-order valence-corrected chi connectivity index (χ3v) is 6.06. The summed E-state index contributed by atoms with van der Waals surface area (Å²) in [5.74, 6) is 1.08. The van der Waals surface area contributed by atoms with Gasteiger partial charge in [0.15, 0.2) is 0 Å². The van der Waals surface area contributed by atoms with Gasteiger partial charge in [-0.3, -0.25) is 0 Å². The second-order valence-electron chi connectivity index (χ2n) is 4.01. The highest BCUT2D eigenvalue weighted by molar-refractivity contribution is 8.00. The number of hydrogen-bond donors (Lipinski definition) is 1. The van der Waals surface area contributed by atoms with Crippen LogP contribution in [0.5, 0.6) is 0 Å². The molecule has 96 valence electrons. The van der Waals surface area contributed by atoms with Crippen molar-refractivity contribution in [1.29, 1.82) is 0 Å². The Hall–Kier alpha value is 0.220. The Labute approximate surface area is 102 Å². The van der Waals surface area contributed by atoms with Gasteiger partial charge < -0.3 is 5.11 Å². The first-order chi connectivity index (χ1) is 7.60. The van der Waals surface area contributed by atoms with Crippen LogP contribution in [0.25, 0.3) is 0 Å². The van der Waals surface area contributed by atoms with E-state index in [1.54, 1.807) is 4.31 Å². The molecule has 4 nitrogen and oxygen atoms in total. The summed E-state index contributed by atoms with van der Waals surface area (Å²) in [4.78, 5) is 0. The number of aliphatic hydroxyl groups is 1. The molecule has 6 heteroatoms. The average Bonchev–Trinajstić information content (AvgIpc) is 2.29. The zero-order valence-corrected chi connectivity index (χ0v) is 11.4. The predicted octanol–water partition coefficient (Wildman–Crippen LogP) is 0.916. The highest BCUT2D eigenvalue weighted by Crippen LogP contribution is 2.23. The van der Waals surface area contributed by atoms with E-state index in [9.17, 15) is 8.42 Å². The monoisotopic (exact) mass is 267 g/mol. The molecule has 1 atom stereocenters. The topological polar surface area (TPSA) is 57.6 Å². The van der Waals surface area contributed by atoms with Gasteiger partial charge in [-0.05, 0) is 19.3 Å². The lowest BCUT2D eigenvalue weighted by molar-refractivity contribution is 0.286. The van der Waals surface area contributed by atoms with Gasteiger partial charge in [-0.1, -0.05) is 6.92 Å². The van der Waals surface area contributed by atoms with E-state index in [1.807, 2.05) is 11.8 Å². The minimum Gasteiger partial charge on any atom is -0.396 e. The second-order valence-corrected chi connectivity index (χ2v) is 7.50. The molecule has 1 unspecified atom stereocenters. The average molecular weight is 267 g/mol. The van der Waals surface area contributed by atoms with E-state index in [4.69, 9.17) is 5.11 Å². The fourth-order valence-corrected chi connectivity index (χ4v) is 4.71. The Kier molecular flexibility index (Phi) is 6.10. The van der Waals surface area contributed by atoms with Crippen molar-refractivity contribution < 1.29 is 13.5 Å². The van der Waals surface area contributed by atoms with E-state index >= 15 is 0 Å². The number of sulfonamides is 1. The van der Waals surface area contributed by atoms with E-state index in [-0.39, 0.29) is 12.4 Å². The van der Waals surface area contributed by atoms with Gasteiger partial charge in [0.25, 0.3) is 0 Å². The van der Waals surface area contributed by atoms with Crippen LogP contribution >= 0.6 is 11.8 Å². The molecule has 0 saturated carbocycles. The third-order valence-electron chi connectivity index (χ3n) is 2.76. The molecule has 0 aliphatic carbocycles. The SMILES string of the molecule is CCC1CN(S(=O)(=O)CCCCO)CCS1. The molecule has 0 spiro atoms. The largest absolute Gasteiger partial charge is 0.396 e. The summed E-state index contributed by atoms with van der Waals surface area (Å²) < 4.78 is 25.5. The summed E-state index contributed by atoms with van der Waals surface area (Å²) in [6.07, 6.45) is 2.14. The summed E-state index contributed by atoms with van der Waals surface area (Å²) >= 11 is 1.87. The number of unbranched alkanes of at least 4 members (excludes halogenated alkanes) is 1. The van der Waals surface area contributed by atoms with Gasteiger partial charge in [0.1, 0.15) is 0 Å². The molecular weight excluding hydrogens is 246 g/mol. The van der Waals surface area contributed by atoms with E-state index in [1.165, 1.54) is 0 Å². The molecule has 16 heavy (non-hydrogen) atoms. The van der Waals surface area contributed by atoms with Crippen molar-refractivity contribution in [1.82, 2.24) is 4.31 Å². The van der Waals surface area contributed by atoms with Crippen molar-refractivity contribution in [2.45, 2.75) is 31.4 Å². The minimum absolute atomic E-state index is 0.0724. The summed E-state index contributed by atoms with van der Waals surface area (Å²) in [7, 11) is -3.09. The number of aliphatic hydroxyl groups excluding tert-OH is 1. The maximum Gasteiger partial charge on any atom is 0.214 e. The quantitative estimate of drug-likeness (QED) is 0.727. The first kappa shape index (κ1) is 14.3. The lowest BCUT2D eigenvalue weighted by atomic mass is 10.3. The number of rotatable bonds is 6. The number of thioether (sulfide) groups is 1. The van der Waals surface area contributed by atoms with Crippen molar-refractivity contribution in [3.05, 3.63) is 0 Å². The highest BCUT2D eigenvalue weighted by atomic mass is 32.2. The van der Waals surface area contributed by atoms with E-state index in [2.05, 4.69) is 6.92 Å². The van der Waals surface area contributed by atoms with Crippen molar-refractivity contribution in [3.63, 3.8) is 0 Å². The van der Waals surface area contributed by atoms with Gasteiger partial charge >= 0.3 is 0 Å². The Balaban J connectivity index is 2.47. The molecule has 1 fully saturated rings. The molecule has 0 radical (unpaired) electrons. The fraction of sp³-hybridized carbons (Fsp3) is 1.00. The molecule has 1 heterocycles. The van der Waals surface area contributed by atoms with Crippen LogP contribution in [0.2, 0.25) is 0 Å². The second kappa shape index (κ2) is 6.83. The van der Waals surface area contributed by atoms with Crippen LogP contribution < -0.4 is 0 Å². The summed E-state index contributed by atoms with van der Waals surface area (Å²) in [6, 6.07) is 0. The lowest BCUT2D eigenvalue weighted by Gasteiger charge is -2.31. The van der Waals surface area contributed by atoms with Crippen LogP contribution in [-0.4, -0.2) is 54.3 Å². The maximum atomic E-state index is 12.0. The van der Waals surface area contributed by atoms with Crippen LogP contribution in [0.15, 0.2) is 0 Å². The smallest absolute Gasteiger partial charge is 0.214 e.